The minimum absolute atomic E-state index is 0.128. The van der Waals surface area contributed by atoms with Gasteiger partial charge in [-0.15, -0.1) is 0 Å². The van der Waals surface area contributed by atoms with Crippen molar-refractivity contribution in [3.05, 3.63) is 52.6 Å². The van der Waals surface area contributed by atoms with Crippen molar-refractivity contribution in [3.63, 3.8) is 0 Å². The van der Waals surface area contributed by atoms with E-state index in [1.165, 1.54) is 0 Å². The van der Waals surface area contributed by atoms with Crippen LogP contribution in [0.2, 0.25) is 0 Å². The normalized spacial score (nSPS) is 16.6. The monoisotopic (exact) mass is 408 g/mol. The van der Waals surface area contributed by atoms with Crippen molar-refractivity contribution in [1.29, 1.82) is 0 Å². The van der Waals surface area contributed by atoms with E-state index in [-0.39, 0.29) is 17.6 Å². The van der Waals surface area contributed by atoms with E-state index < -0.39 is 0 Å². The molecular weight excluding hydrogens is 384 g/mol. The lowest BCUT2D eigenvalue weighted by molar-refractivity contribution is 0.102. The predicted molar refractivity (Wildman–Crippen MR) is 118 cm³/mol. The lowest BCUT2D eigenvalue weighted by Crippen LogP contribution is -2.43. The summed E-state index contributed by atoms with van der Waals surface area (Å²) in [6, 6.07) is 5.59. The molecule has 150 valence electrons. The van der Waals surface area contributed by atoms with Gasteiger partial charge in [-0.1, -0.05) is 0 Å². The van der Waals surface area contributed by atoms with Crippen molar-refractivity contribution in [2.45, 2.75) is 25.8 Å². The molecular formula is C21H24N6OS. The van der Waals surface area contributed by atoms with E-state index in [1.807, 2.05) is 24.4 Å². The number of aromatic nitrogens is 2. The number of rotatable bonds is 4. The third kappa shape index (κ3) is 4.08. The molecule has 0 radical (unpaired) electrons. The number of pyridine rings is 2. The molecule has 5 N–H and O–H groups in total. The first-order chi connectivity index (χ1) is 14.0. The molecule has 0 saturated carbocycles. The van der Waals surface area contributed by atoms with Crippen LogP contribution in [0.3, 0.4) is 0 Å². The molecule has 1 atom stereocenters. The second-order valence-electron chi connectivity index (χ2n) is 7.30. The van der Waals surface area contributed by atoms with Crippen LogP contribution in [0, 0.1) is 6.92 Å². The van der Waals surface area contributed by atoms with Gasteiger partial charge in [0.2, 0.25) is 0 Å². The first kappa shape index (κ1) is 19.4. The van der Waals surface area contributed by atoms with Crippen molar-refractivity contribution in [2.75, 3.05) is 29.0 Å². The highest BCUT2D eigenvalue weighted by Gasteiger charge is 2.21. The van der Waals surface area contributed by atoms with E-state index in [9.17, 15) is 4.79 Å². The number of nitrogens with two attached hydrogens (primary N) is 2. The van der Waals surface area contributed by atoms with Gasteiger partial charge >= 0.3 is 0 Å². The minimum Gasteiger partial charge on any atom is -0.397 e. The number of nitrogen functional groups attached to an aromatic ring is 1. The zero-order chi connectivity index (χ0) is 20.4. The maximum Gasteiger partial charge on any atom is 0.276 e. The molecule has 0 spiro atoms. The molecule has 3 aromatic rings. The number of carbonyl (C=O) groups is 1. The van der Waals surface area contributed by atoms with E-state index in [0.717, 1.165) is 48.4 Å². The van der Waals surface area contributed by atoms with Gasteiger partial charge in [-0.05, 0) is 48.9 Å². The highest BCUT2D eigenvalue weighted by Crippen LogP contribution is 2.29. The quantitative estimate of drug-likeness (QED) is 0.611. The molecule has 1 amide bonds. The molecule has 0 aromatic carbocycles. The zero-order valence-corrected chi connectivity index (χ0v) is 17.1. The third-order valence-corrected chi connectivity index (χ3v) is 5.98. The topological polar surface area (TPSA) is 110 Å². The molecule has 8 heteroatoms. The third-order valence-electron chi connectivity index (χ3n) is 5.12. The van der Waals surface area contributed by atoms with Gasteiger partial charge in [-0.2, -0.15) is 11.3 Å². The van der Waals surface area contributed by atoms with Crippen molar-refractivity contribution < 1.29 is 4.79 Å². The number of aryl methyl sites for hydroxylation is 1. The van der Waals surface area contributed by atoms with Crippen molar-refractivity contribution >= 4 is 34.3 Å². The van der Waals surface area contributed by atoms with Gasteiger partial charge < -0.3 is 21.7 Å². The van der Waals surface area contributed by atoms with Crippen molar-refractivity contribution in [1.82, 2.24) is 9.97 Å². The molecule has 1 saturated heterocycles. The van der Waals surface area contributed by atoms with Crippen LogP contribution in [0.5, 0.6) is 0 Å². The minimum atomic E-state index is -0.354. The Hall–Kier alpha value is -2.97. The second kappa shape index (κ2) is 8.18. The maximum atomic E-state index is 13.0. The highest BCUT2D eigenvalue weighted by atomic mass is 32.1. The number of piperidine rings is 1. The Morgan fingerprint density at radius 2 is 2.17 bits per heavy atom. The van der Waals surface area contributed by atoms with Crippen molar-refractivity contribution in [2.24, 2.45) is 5.73 Å². The fourth-order valence-corrected chi connectivity index (χ4v) is 4.44. The summed E-state index contributed by atoms with van der Waals surface area (Å²) in [6.45, 7) is 3.67. The Bertz CT molecular complexity index is 1030. The van der Waals surface area contributed by atoms with E-state index in [4.69, 9.17) is 11.5 Å². The Balaban J connectivity index is 1.61. The number of nitrogens with zero attached hydrogens (tertiary/aromatic N) is 3. The van der Waals surface area contributed by atoms with E-state index in [2.05, 4.69) is 25.6 Å². The number of carbonyl (C=O) groups excluding carboxylic acids is 1. The molecule has 4 heterocycles. The summed E-state index contributed by atoms with van der Waals surface area (Å²) in [5, 5.41) is 7.02. The maximum absolute atomic E-state index is 13.0. The van der Waals surface area contributed by atoms with Gasteiger partial charge in [0.1, 0.15) is 0 Å². The van der Waals surface area contributed by atoms with Crippen LogP contribution in [0.1, 0.15) is 28.9 Å². The van der Waals surface area contributed by atoms with Gasteiger partial charge in [0.15, 0.2) is 5.69 Å². The fraction of sp³-hybridized carbons (Fsp3) is 0.286. The highest BCUT2D eigenvalue weighted by molar-refractivity contribution is 7.08. The van der Waals surface area contributed by atoms with Crippen LogP contribution in [0.4, 0.5) is 17.1 Å². The van der Waals surface area contributed by atoms with Gasteiger partial charge in [0.25, 0.3) is 5.91 Å². The number of thiophene rings is 1. The van der Waals surface area contributed by atoms with E-state index in [0.29, 0.717) is 11.4 Å². The van der Waals surface area contributed by atoms with Crippen LogP contribution in [0.15, 0.2) is 41.4 Å². The SMILES string of the molecule is Cc1cscc1-c1ccc(N)c(C(=O)Nc2cnccc2N2CCC[C@H](N)C2)n1. The lowest BCUT2D eigenvalue weighted by atomic mass is 10.1. The summed E-state index contributed by atoms with van der Waals surface area (Å²) in [6.07, 6.45) is 5.40. The smallest absolute Gasteiger partial charge is 0.276 e. The average molecular weight is 409 g/mol. The zero-order valence-electron chi connectivity index (χ0n) is 16.3. The molecule has 0 bridgehead atoms. The van der Waals surface area contributed by atoms with Crippen molar-refractivity contribution in [3.8, 4) is 11.3 Å². The summed E-state index contributed by atoms with van der Waals surface area (Å²) in [5.74, 6) is -0.354. The first-order valence-electron chi connectivity index (χ1n) is 9.58. The number of nitrogens with one attached hydrogen (secondary N) is 1. The van der Waals surface area contributed by atoms with Crippen LogP contribution in [0.25, 0.3) is 11.3 Å². The van der Waals surface area contributed by atoms with Crippen LogP contribution in [-0.4, -0.2) is 35.0 Å². The summed E-state index contributed by atoms with van der Waals surface area (Å²) >= 11 is 1.60. The molecule has 7 nitrogen and oxygen atoms in total. The molecule has 1 aliphatic heterocycles. The standard InChI is InChI=1S/C21H24N6OS/c1-13-11-29-12-15(13)17-5-4-16(23)20(25-17)21(28)26-18-9-24-7-6-19(18)27-8-2-3-14(22)10-27/h4-7,9,11-12,14H,2-3,8,10,22-23H2,1H3,(H,26,28)/t14-/m0/s1. The van der Waals surface area contributed by atoms with E-state index >= 15 is 0 Å². The average Bonchev–Trinajstić information content (AvgIpc) is 3.14. The van der Waals surface area contributed by atoms with Crippen LogP contribution < -0.4 is 21.7 Å². The second-order valence-corrected chi connectivity index (χ2v) is 8.04. The molecule has 1 fully saturated rings. The lowest BCUT2D eigenvalue weighted by Gasteiger charge is -2.33. The van der Waals surface area contributed by atoms with Gasteiger partial charge in [0, 0.05) is 36.3 Å². The molecule has 3 aromatic heterocycles. The van der Waals surface area contributed by atoms with Gasteiger partial charge in [-0.3, -0.25) is 9.78 Å². The summed E-state index contributed by atoms with van der Waals surface area (Å²) in [7, 11) is 0. The predicted octanol–water partition coefficient (Wildman–Crippen LogP) is 3.28. The molecule has 4 rings (SSSR count). The summed E-state index contributed by atoms with van der Waals surface area (Å²) < 4.78 is 0. The number of anilines is 3. The summed E-state index contributed by atoms with van der Waals surface area (Å²) in [4.78, 5) is 23.9. The Labute approximate surface area is 173 Å². The fourth-order valence-electron chi connectivity index (χ4n) is 3.59. The van der Waals surface area contributed by atoms with Crippen LogP contribution >= 0.6 is 11.3 Å². The molecule has 0 unspecified atom stereocenters. The Morgan fingerprint density at radius 1 is 1.31 bits per heavy atom. The van der Waals surface area contributed by atoms with E-state index in [1.54, 1.807) is 29.8 Å². The van der Waals surface area contributed by atoms with Crippen LogP contribution in [-0.2, 0) is 0 Å². The first-order valence-corrected chi connectivity index (χ1v) is 10.5. The molecule has 0 aliphatic carbocycles. The van der Waals surface area contributed by atoms with Gasteiger partial charge in [-0.25, -0.2) is 4.98 Å². The Kier molecular flexibility index (Phi) is 5.46. The van der Waals surface area contributed by atoms with Gasteiger partial charge in [0.05, 0.1) is 29.0 Å². The molecule has 29 heavy (non-hydrogen) atoms. The number of hydrogen-bond acceptors (Lipinski definition) is 7. The number of amides is 1. The largest absolute Gasteiger partial charge is 0.397 e. The summed E-state index contributed by atoms with van der Waals surface area (Å²) in [5.41, 5.74) is 17.1. The Morgan fingerprint density at radius 3 is 2.93 bits per heavy atom. The molecule has 1 aliphatic rings. The number of hydrogen-bond donors (Lipinski definition) is 3.